The SMILES string of the molecule is O=C(O)c1cc(C(=O)O)c(C(=O)NC2c3ccccc3CCC2Cc2ccc(F)c(C(F)(F)F)c2)cc1C(=O)O. The summed E-state index contributed by atoms with van der Waals surface area (Å²) >= 11 is 0. The maximum atomic E-state index is 13.8. The van der Waals surface area contributed by atoms with E-state index in [1.807, 2.05) is 0 Å². The number of hydrogen-bond donors (Lipinski definition) is 4. The van der Waals surface area contributed by atoms with Crippen molar-refractivity contribution < 1.29 is 52.1 Å². The molecule has 0 saturated heterocycles. The van der Waals surface area contributed by atoms with Gasteiger partial charge in [0, 0.05) is 0 Å². The van der Waals surface area contributed by atoms with Gasteiger partial charge in [-0.15, -0.1) is 0 Å². The van der Waals surface area contributed by atoms with Gasteiger partial charge in [0.05, 0.1) is 33.9 Å². The fraction of sp³-hybridized carbons (Fsp3) is 0.214. The van der Waals surface area contributed by atoms with Gasteiger partial charge in [-0.05, 0) is 66.1 Å². The van der Waals surface area contributed by atoms with Crippen molar-refractivity contribution in [3.05, 3.63) is 105 Å². The van der Waals surface area contributed by atoms with Crippen molar-refractivity contribution in [2.45, 2.75) is 31.5 Å². The number of benzene rings is 3. The zero-order chi connectivity index (χ0) is 29.4. The Morgan fingerprint density at radius 1 is 0.825 bits per heavy atom. The molecule has 12 heteroatoms. The average Bonchev–Trinajstić information content (AvgIpc) is 2.89. The highest BCUT2D eigenvalue weighted by molar-refractivity contribution is 6.10. The molecule has 2 atom stereocenters. The monoisotopic (exact) mass is 559 g/mol. The topological polar surface area (TPSA) is 141 Å². The van der Waals surface area contributed by atoms with Crippen LogP contribution < -0.4 is 5.32 Å². The normalized spacial score (nSPS) is 16.6. The minimum atomic E-state index is -4.91. The van der Waals surface area contributed by atoms with Crippen molar-refractivity contribution in [2.24, 2.45) is 5.92 Å². The number of halogens is 4. The summed E-state index contributed by atoms with van der Waals surface area (Å²) in [6, 6.07) is 10.0. The summed E-state index contributed by atoms with van der Waals surface area (Å²) in [7, 11) is 0. The van der Waals surface area contributed by atoms with Crippen LogP contribution in [-0.4, -0.2) is 39.1 Å². The Bertz CT molecular complexity index is 1530. The van der Waals surface area contributed by atoms with Crippen LogP contribution in [-0.2, 0) is 19.0 Å². The number of amides is 1. The Morgan fingerprint density at radius 2 is 1.40 bits per heavy atom. The number of carbonyl (C=O) groups excluding carboxylic acids is 1. The van der Waals surface area contributed by atoms with Crippen molar-refractivity contribution in [1.29, 1.82) is 0 Å². The first-order valence-electron chi connectivity index (χ1n) is 11.9. The number of fused-ring (bicyclic) bond motifs is 1. The Hall–Kier alpha value is -4.74. The largest absolute Gasteiger partial charge is 0.478 e. The van der Waals surface area contributed by atoms with Crippen LogP contribution in [0.5, 0.6) is 0 Å². The van der Waals surface area contributed by atoms with Crippen LogP contribution in [0.1, 0.15) is 76.1 Å². The highest BCUT2D eigenvalue weighted by Gasteiger charge is 2.36. The summed E-state index contributed by atoms with van der Waals surface area (Å²) in [6.07, 6.45) is -3.97. The number of nitrogens with one attached hydrogen (secondary N) is 1. The summed E-state index contributed by atoms with van der Waals surface area (Å²) in [5, 5.41) is 31.1. The quantitative estimate of drug-likeness (QED) is 0.291. The summed E-state index contributed by atoms with van der Waals surface area (Å²) in [4.78, 5) is 48.5. The standard InChI is InChI=1S/C28H21F4NO7/c29-22-8-5-13(10-21(22)28(30,31)32)9-15-7-6-14-3-1-2-4-16(14)23(15)33-24(34)17-11-19(26(37)38)20(27(39)40)12-18(17)25(35)36/h1-5,8,10-12,15,23H,6-7,9H2,(H,33,34)(H,35,36)(H,37,38)(H,39,40). The third-order valence-corrected chi connectivity index (χ3v) is 6.86. The molecule has 0 aliphatic heterocycles. The second kappa shape index (κ2) is 10.8. The number of carboxylic acid groups (broad SMARTS) is 3. The van der Waals surface area contributed by atoms with E-state index in [1.54, 1.807) is 24.3 Å². The molecule has 2 unspecified atom stereocenters. The minimum Gasteiger partial charge on any atom is -0.478 e. The number of carboxylic acids is 3. The maximum Gasteiger partial charge on any atom is 0.419 e. The van der Waals surface area contributed by atoms with Crippen molar-refractivity contribution in [2.75, 3.05) is 0 Å². The molecule has 4 rings (SSSR count). The molecule has 3 aromatic rings. The van der Waals surface area contributed by atoms with Crippen LogP contribution in [0.25, 0.3) is 0 Å². The van der Waals surface area contributed by atoms with Crippen molar-refractivity contribution in [3.8, 4) is 0 Å². The van der Waals surface area contributed by atoms with E-state index in [0.717, 1.165) is 11.6 Å². The van der Waals surface area contributed by atoms with Gasteiger partial charge in [0.25, 0.3) is 5.91 Å². The second-order valence-electron chi connectivity index (χ2n) is 9.32. The minimum absolute atomic E-state index is 0.00670. The van der Waals surface area contributed by atoms with E-state index in [-0.39, 0.29) is 12.0 Å². The molecular weight excluding hydrogens is 538 g/mol. The van der Waals surface area contributed by atoms with Crippen LogP contribution in [0, 0.1) is 11.7 Å². The molecule has 3 aromatic carbocycles. The van der Waals surface area contributed by atoms with E-state index in [4.69, 9.17) is 0 Å². The molecule has 0 saturated carbocycles. The summed E-state index contributed by atoms with van der Waals surface area (Å²) in [5.41, 5.74) is -2.75. The predicted molar refractivity (Wildman–Crippen MR) is 131 cm³/mol. The van der Waals surface area contributed by atoms with Gasteiger partial charge in [0.15, 0.2) is 0 Å². The first-order valence-corrected chi connectivity index (χ1v) is 11.9. The third kappa shape index (κ3) is 5.65. The zero-order valence-corrected chi connectivity index (χ0v) is 20.5. The van der Waals surface area contributed by atoms with Crippen LogP contribution in [0.15, 0.2) is 54.6 Å². The number of alkyl halides is 3. The average molecular weight is 559 g/mol. The third-order valence-electron chi connectivity index (χ3n) is 6.86. The number of hydrogen-bond acceptors (Lipinski definition) is 4. The fourth-order valence-corrected chi connectivity index (χ4v) is 5.00. The van der Waals surface area contributed by atoms with Gasteiger partial charge in [0.2, 0.25) is 0 Å². The van der Waals surface area contributed by atoms with Gasteiger partial charge < -0.3 is 20.6 Å². The van der Waals surface area contributed by atoms with Crippen LogP contribution in [0.3, 0.4) is 0 Å². The fourth-order valence-electron chi connectivity index (χ4n) is 5.00. The number of aromatic carboxylic acids is 3. The lowest BCUT2D eigenvalue weighted by Gasteiger charge is -2.34. The first kappa shape index (κ1) is 28.3. The van der Waals surface area contributed by atoms with Crippen molar-refractivity contribution in [3.63, 3.8) is 0 Å². The van der Waals surface area contributed by atoms with E-state index in [2.05, 4.69) is 5.32 Å². The van der Waals surface area contributed by atoms with Gasteiger partial charge in [0.1, 0.15) is 5.82 Å². The lowest BCUT2D eigenvalue weighted by Crippen LogP contribution is -2.38. The Balaban J connectivity index is 1.75. The van der Waals surface area contributed by atoms with E-state index >= 15 is 0 Å². The molecule has 1 aliphatic carbocycles. The predicted octanol–water partition coefficient (Wildman–Crippen LogP) is 5.22. The van der Waals surface area contributed by atoms with E-state index in [9.17, 15) is 52.1 Å². The van der Waals surface area contributed by atoms with Crippen molar-refractivity contribution >= 4 is 23.8 Å². The van der Waals surface area contributed by atoms with Crippen molar-refractivity contribution in [1.82, 2.24) is 5.32 Å². The molecule has 0 spiro atoms. The molecule has 0 radical (unpaired) electrons. The molecule has 0 aromatic heterocycles. The van der Waals surface area contributed by atoms with Crippen LogP contribution >= 0.6 is 0 Å². The van der Waals surface area contributed by atoms with Gasteiger partial charge in [-0.1, -0.05) is 30.3 Å². The highest BCUT2D eigenvalue weighted by atomic mass is 19.4. The molecule has 1 aliphatic rings. The Morgan fingerprint density at radius 3 is 2.00 bits per heavy atom. The summed E-state index contributed by atoms with van der Waals surface area (Å²) in [6.45, 7) is 0. The molecule has 40 heavy (non-hydrogen) atoms. The molecular formula is C28H21F4NO7. The summed E-state index contributed by atoms with van der Waals surface area (Å²) in [5.74, 6) is -8.01. The second-order valence-corrected chi connectivity index (χ2v) is 9.32. The van der Waals surface area contributed by atoms with E-state index < -0.39 is 75.6 Å². The molecule has 0 heterocycles. The molecule has 8 nitrogen and oxygen atoms in total. The lowest BCUT2D eigenvalue weighted by atomic mass is 9.76. The summed E-state index contributed by atoms with van der Waals surface area (Å²) < 4.78 is 53.7. The Labute approximate surface area is 223 Å². The molecule has 0 bridgehead atoms. The highest BCUT2D eigenvalue weighted by Crippen LogP contribution is 2.38. The molecule has 0 fully saturated rings. The zero-order valence-electron chi connectivity index (χ0n) is 20.5. The van der Waals surface area contributed by atoms with Gasteiger partial charge in [-0.25, -0.2) is 18.8 Å². The van der Waals surface area contributed by atoms with E-state index in [0.29, 0.717) is 36.6 Å². The Kier molecular flexibility index (Phi) is 7.63. The number of carbonyl (C=O) groups is 4. The lowest BCUT2D eigenvalue weighted by molar-refractivity contribution is -0.140. The van der Waals surface area contributed by atoms with Gasteiger partial charge in [-0.3, -0.25) is 4.79 Å². The molecule has 4 N–H and O–H groups in total. The molecule has 208 valence electrons. The van der Waals surface area contributed by atoms with Gasteiger partial charge in [-0.2, -0.15) is 13.2 Å². The number of aryl methyl sites for hydroxylation is 1. The smallest absolute Gasteiger partial charge is 0.419 e. The maximum absolute atomic E-state index is 13.8. The number of rotatable bonds is 7. The van der Waals surface area contributed by atoms with Crippen LogP contribution in [0.4, 0.5) is 17.6 Å². The van der Waals surface area contributed by atoms with Crippen LogP contribution in [0.2, 0.25) is 0 Å². The van der Waals surface area contributed by atoms with Gasteiger partial charge >= 0.3 is 24.1 Å². The van der Waals surface area contributed by atoms with E-state index in [1.165, 1.54) is 6.07 Å². The molecule has 1 amide bonds. The first-order chi connectivity index (χ1) is 18.8.